The molecule has 0 N–H and O–H groups in total. The number of hydrogen-bond acceptors (Lipinski definition) is 4. The van der Waals surface area contributed by atoms with Crippen molar-refractivity contribution in [3.05, 3.63) is 108 Å². The fourth-order valence-electron chi connectivity index (χ4n) is 3.25. The zero-order valence-electron chi connectivity index (χ0n) is 19.3. The van der Waals surface area contributed by atoms with Crippen molar-refractivity contribution in [1.29, 1.82) is 0 Å². The standard InChI is InChI=1S/C15H16N5.C11H8N.ClH.Ir/c1-10-5-7-19(17-10)14-9-15(13(4)16-12(14)3)20-8-6-11(2)18-20;1-2-6-10(7-3-1)11-8-4-5-9-12-11;;/h5-8H,1-4H3;1-6,8-9H;1H;/q2*-1;;+3/p-1. The van der Waals surface area contributed by atoms with Gasteiger partial charge in [0.05, 0.1) is 11.4 Å². The molecule has 4 heterocycles. The van der Waals surface area contributed by atoms with Gasteiger partial charge in [0.15, 0.2) is 0 Å². The van der Waals surface area contributed by atoms with Crippen molar-refractivity contribution >= 4 is 9.58 Å². The van der Waals surface area contributed by atoms with E-state index < -0.39 is 0 Å². The number of rotatable bonds is 3. The number of halogens is 1. The smallest absolute Gasteiger partial charge is 0.0160 e. The van der Waals surface area contributed by atoms with Crippen LogP contribution in [-0.2, 0) is 17.9 Å². The molecule has 5 rings (SSSR count). The minimum absolute atomic E-state index is 0.854. The van der Waals surface area contributed by atoms with Crippen molar-refractivity contribution in [3.63, 3.8) is 0 Å². The van der Waals surface area contributed by atoms with E-state index in [1.165, 1.54) is 17.9 Å². The molecule has 174 valence electrons. The van der Waals surface area contributed by atoms with Crippen molar-refractivity contribution in [2.45, 2.75) is 27.7 Å². The van der Waals surface area contributed by atoms with E-state index in [2.05, 4.69) is 41.9 Å². The predicted octanol–water partition coefficient (Wildman–Crippen LogP) is 5.72. The average molecular weight is 648 g/mol. The van der Waals surface area contributed by atoms with Gasteiger partial charge in [-0.1, -0.05) is 26.0 Å². The first-order valence-corrected chi connectivity index (χ1v) is 13.4. The van der Waals surface area contributed by atoms with Crippen LogP contribution in [0.25, 0.3) is 22.6 Å². The van der Waals surface area contributed by atoms with Gasteiger partial charge in [-0.25, -0.2) is 0 Å². The fourth-order valence-corrected chi connectivity index (χ4v) is 3.25. The van der Waals surface area contributed by atoms with Crippen LogP contribution >= 0.6 is 9.58 Å². The van der Waals surface area contributed by atoms with Gasteiger partial charge in [-0.3, -0.25) is 9.36 Å². The molecule has 0 amide bonds. The van der Waals surface area contributed by atoms with E-state index in [4.69, 9.17) is 0 Å². The van der Waals surface area contributed by atoms with Crippen molar-refractivity contribution in [2.75, 3.05) is 0 Å². The molecule has 4 aromatic heterocycles. The van der Waals surface area contributed by atoms with Gasteiger partial charge in [0.1, 0.15) is 0 Å². The van der Waals surface area contributed by atoms with Crippen LogP contribution in [0.4, 0.5) is 0 Å². The van der Waals surface area contributed by atoms with Crippen molar-refractivity contribution in [1.82, 2.24) is 29.5 Å². The average Bonchev–Trinajstić information content (AvgIpc) is 3.50. The van der Waals surface area contributed by atoms with Crippen LogP contribution < -0.4 is 0 Å². The third kappa shape index (κ3) is 6.47. The molecule has 0 atom stereocenters. The van der Waals surface area contributed by atoms with Gasteiger partial charge in [0, 0.05) is 18.6 Å². The summed E-state index contributed by atoms with van der Waals surface area (Å²) in [4.78, 5) is 8.81. The van der Waals surface area contributed by atoms with Crippen LogP contribution in [0.2, 0.25) is 0 Å². The minimum atomic E-state index is 0.854. The molecule has 0 aliphatic carbocycles. The second kappa shape index (κ2) is 12.4. The normalized spacial score (nSPS) is 10.1. The van der Waals surface area contributed by atoms with Gasteiger partial charge >= 0.3 is 27.5 Å². The van der Waals surface area contributed by atoms with Crippen molar-refractivity contribution in [3.8, 4) is 22.6 Å². The Bertz CT molecular complexity index is 1220. The maximum Gasteiger partial charge on any atom is 0.0160 e. The van der Waals surface area contributed by atoms with Gasteiger partial charge in [-0.2, -0.15) is 10.2 Å². The Kier molecular flexibility index (Phi) is 9.28. The van der Waals surface area contributed by atoms with E-state index in [9.17, 15) is 0 Å². The molecule has 1 aromatic carbocycles. The molecule has 0 saturated carbocycles. The SMILES string of the molecule is Cc1ccn(-c2[c-]c(-n3ccc(C)n3)c(C)nc2C)n1.[Cl][Ir+2].[c-]1ccccc1-c1ccccn1. The van der Waals surface area contributed by atoms with E-state index >= 15 is 0 Å². The third-order valence-corrected chi connectivity index (χ3v) is 4.81. The Balaban J connectivity index is 0.000000197. The molecule has 0 radical (unpaired) electrons. The van der Waals surface area contributed by atoms with Crippen LogP contribution in [0.15, 0.2) is 73.2 Å². The van der Waals surface area contributed by atoms with E-state index in [-0.39, 0.29) is 0 Å². The molecule has 34 heavy (non-hydrogen) atoms. The van der Waals surface area contributed by atoms with Crippen molar-refractivity contribution < 1.29 is 17.9 Å². The van der Waals surface area contributed by atoms with E-state index in [1.54, 1.807) is 15.6 Å². The molecule has 0 fully saturated rings. The number of aryl methyl sites for hydroxylation is 4. The maximum atomic E-state index is 4.64. The molecular weight excluding hydrogens is 624 g/mol. The molecular formula is C26H24ClIrN6. The Morgan fingerprint density at radius 1 is 0.765 bits per heavy atom. The van der Waals surface area contributed by atoms with Crippen molar-refractivity contribution in [2.24, 2.45) is 0 Å². The summed E-state index contributed by atoms with van der Waals surface area (Å²) in [5.41, 5.74) is 7.45. The molecule has 0 saturated heterocycles. The molecule has 0 bridgehead atoms. The first-order chi connectivity index (χ1) is 16.5. The third-order valence-electron chi connectivity index (χ3n) is 4.81. The van der Waals surface area contributed by atoms with Gasteiger partial charge in [-0.05, 0) is 60.5 Å². The summed E-state index contributed by atoms with van der Waals surface area (Å²) in [5, 5.41) is 8.85. The van der Waals surface area contributed by atoms with E-state index in [0.29, 0.717) is 0 Å². The van der Waals surface area contributed by atoms with Gasteiger partial charge < -0.3 is 9.97 Å². The summed E-state index contributed by atoms with van der Waals surface area (Å²) >= 11 is 1.47. The maximum absolute atomic E-state index is 4.64. The first-order valence-electron chi connectivity index (χ1n) is 10.5. The largest absolute Gasteiger partial charge is 0.305 e. The molecule has 5 aromatic rings. The number of nitrogens with zero attached hydrogens (tertiary/aromatic N) is 6. The molecule has 6 nitrogen and oxygen atoms in total. The number of hydrogen-bond donors (Lipinski definition) is 0. The van der Waals surface area contributed by atoms with Gasteiger partial charge in [0.2, 0.25) is 0 Å². The Morgan fingerprint density at radius 2 is 1.35 bits per heavy atom. The van der Waals surface area contributed by atoms with Crippen LogP contribution in [0.3, 0.4) is 0 Å². The van der Waals surface area contributed by atoms with E-state index in [0.717, 1.165) is 45.4 Å². The zero-order chi connectivity index (χ0) is 24.5. The number of aromatic nitrogens is 6. The topological polar surface area (TPSA) is 61.4 Å². The Hall–Kier alpha value is -3.12. The van der Waals surface area contributed by atoms with E-state index in [1.807, 2.05) is 94.7 Å². The fraction of sp³-hybridized carbons (Fsp3) is 0.154. The summed E-state index contributed by atoms with van der Waals surface area (Å²) in [6.45, 7) is 7.86. The summed E-state index contributed by atoms with van der Waals surface area (Å²) in [7, 11) is 4.64. The monoisotopic (exact) mass is 648 g/mol. The number of benzene rings is 1. The Labute approximate surface area is 214 Å². The second-order valence-electron chi connectivity index (χ2n) is 7.40. The summed E-state index contributed by atoms with van der Waals surface area (Å²) in [6, 6.07) is 24.1. The molecule has 0 unspecified atom stereocenters. The van der Waals surface area contributed by atoms with Crippen LogP contribution in [0.5, 0.6) is 0 Å². The quantitative estimate of drug-likeness (QED) is 0.235. The first kappa shape index (κ1) is 25.5. The van der Waals surface area contributed by atoms with Gasteiger partial charge in [0.25, 0.3) is 0 Å². The minimum Gasteiger partial charge on any atom is -0.305 e. The summed E-state index contributed by atoms with van der Waals surface area (Å²) in [5.74, 6) is 0. The van der Waals surface area contributed by atoms with Crippen LogP contribution in [0, 0.1) is 39.8 Å². The summed E-state index contributed by atoms with van der Waals surface area (Å²) in [6.07, 6.45) is 5.63. The van der Waals surface area contributed by atoms with Gasteiger partial charge in [-0.15, -0.1) is 42.0 Å². The predicted molar refractivity (Wildman–Crippen MR) is 131 cm³/mol. The zero-order valence-corrected chi connectivity index (χ0v) is 22.5. The molecule has 0 spiro atoms. The Morgan fingerprint density at radius 3 is 1.79 bits per heavy atom. The summed E-state index contributed by atoms with van der Waals surface area (Å²) < 4.78 is 3.61. The molecule has 0 aliphatic rings. The number of pyridine rings is 2. The molecule has 8 heteroatoms. The van der Waals surface area contributed by atoms with Crippen LogP contribution in [-0.4, -0.2) is 29.5 Å². The second-order valence-corrected chi connectivity index (χ2v) is 7.40. The van der Waals surface area contributed by atoms with Crippen LogP contribution in [0.1, 0.15) is 22.8 Å². The molecule has 0 aliphatic heterocycles.